The molecule has 1 atom stereocenters. The topological polar surface area (TPSA) is 70.3 Å². The number of rotatable bonds is 4. The van der Waals surface area contributed by atoms with Crippen LogP contribution in [0, 0.1) is 11.3 Å². The van der Waals surface area contributed by atoms with E-state index in [9.17, 15) is 9.00 Å². The first-order valence-electron chi connectivity index (χ1n) is 6.08. The highest BCUT2D eigenvalue weighted by Crippen LogP contribution is 2.17. The van der Waals surface area contributed by atoms with Crippen molar-refractivity contribution in [2.45, 2.75) is 4.90 Å². The lowest BCUT2D eigenvalue weighted by Crippen LogP contribution is -2.02. The van der Waals surface area contributed by atoms with Crippen LogP contribution in [0.2, 0.25) is 5.02 Å². The van der Waals surface area contributed by atoms with Crippen LogP contribution in [0.25, 0.3) is 0 Å². The van der Waals surface area contributed by atoms with Gasteiger partial charge in [-0.05, 0) is 35.7 Å². The van der Waals surface area contributed by atoms with E-state index in [1.54, 1.807) is 35.0 Å². The summed E-state index contributed by atoms with van der Waals surface area (Å²) in [6.07, 6.45) is 2.55. The molecule has 1 aromatic heterocycles. The monoisotopic (exact) mass is 350 g/mol. The number of nitriles is 1. The summed E-state index contributed by atoms with van der Waals surface area (Å²) < 4.78 is 16.4. The van der Waals surface area contributed by atoms with Crippen molar-refractivity contribution in [1.82, 2.24) is 0 Å². The van der Waals surface area contributed by atoms with E-state index >= 15 is 0 Å². The summed E-state index contributed by atoms with van der Waals surface area (Å²) in [5.41, 5.74) is 0.151. The van der Waals surface area contributed by atoms with Gasteiger partial charge >= 0.3 is 0 Å². The van der Waals surface area contributed by atoms with Crippen LogP contribution in [0.3, 0.4) is 0 Å². The second-order valence-electron chi connectivity index (χ2n) is 4.36. The van der Waals surface area contributed by atoms with E-state index in [1.165, 1.54) is 29.7 Å². The third-order valence-electron chi connectivity index (χ3n) is 2.79. The number of benzene rings is 1. The minimum absolute atomic E-state index is 0.174. The molecule has 0 aliphatic heterocycles. The van der Waals surface area contributed by atoms with Crippen LogP contribution < -0.4 is 0 Å². The van der Waals surface area contributed by atoms with Gasteiger partial charge in [0, 0.05) is 22.2 Å². The van der Waals surface area contributed by atoms with Crippen molar-refractivity contribution >= 4 is 38.4 Å². The molecular formula is C15H11ClN2O2S2. The Morgan fingerprint density at radius 1 is 1.36 bits per heavy atom. The molecule has 7 heteroatoms. The second kappa shape index (κ2) is 6.88. The summed E-state index contributed by atoms with van der Waals surface area (Å²) in [5.74, 6) is -0.483. The SMILES string of the molecule is CS(=O)(=N/C=C(/C#N)C(=O)c1ccc(Cl)cc1)c1ccsc1. The molecule has 0 fully saturated rings. The molecule has 1 aromatic carbocycles. The highest BCUT2D eigenvalue weighted by molar-refractivity contribution is 7.93. The molecule has 0 aliphatic carbocycles. The van der Waals surface area contributed by atoms with Crippen LogP contribution in [0.15, 0.2) is 62.1 Å². The Morgan fingerprint density at radius 3 is 2.59 bits per heavy atom. The van der Waals surface area contributed by atoms with Crippen molar-refractivity contribution in [2.75, 3.05) is 6.26 Å². The van der Waals surface area contributed by atoms with Gasteiger partial charge in [-0.15, -0.1) is 0 Å². The van der Waals surface area contributed by atoms with Crippen molar-refractivity contribution in [3.05, 3.63) is 63.5 Å². The number of halogens is 1. The summed E-state index contributed by atoms with van der Waals surface area (Å²) in [6, 6.07) is 9.68. The van der Waals surface area contributed by atoms with Gasteiger partial charge in [-0.2, -0.15) is 16.6 Å². The maximum absolute atomic E-state index is 12.4. The molecule has 1 heterocycles. The number of Topliss-reactive ketones (excluding diaryl/α,β-unsaturated/α-hetero) is 1. The Labute approximate surface area is 137 Å². The molecular weight excluding hydrogens is 340 g/mol. The molecule has 0 spiro atoms. The number of allylic oxidation sites excluding steroid dienone is 1. The molecule has 0 amide bonds. The number of nitrogens with zero attached hydrogens (tertiary/aromatic N) is 2. The van der Waals surface area contributed by atoms with Crippen molar-refractivity contribution in [3.8, 4) is 6.07 Å². The smallest absolute Gasteiger partial charge is 0.205 e. The summed E-state index contributed by atoms with van der Waals surface area (Å²) in [5, 5.41) is 13.1. The Balaban J connectivity index is 2.36. The van der Waals surface area contributed by atoms with Crippen LogP contribution in [0.5, 0.6) is 0 Å². The van der Waals surface area contributed by atoms with E-state index in [1.807, 2.05) is 0 Å². The zero-order chi connectivity index (χ0) is 16.2. The average molecular weight is 351 g/mol. The molecule has 22 heavy (non-hydrogen) atoms. The van der Waals surface area contributed by atoms with Crippen LogP contribution in [-0.4, -0.2) is 16.2 Å². The Morgan fingerprint density at radius 2 is 2.05 bits per heavy atom. The fraction of sp³-hybridized carbons (Fsp3) is 0.0667. The highest BCUT2D eigenvalue weighted by Gasteiger charge is 2.12. The molecule has 0 aliphatic rings. The first kappa shape index (κ1) is 16.4. The number of hydrogen-bond donors (Lipinski definition) is 0. The predicted octanol–water partition coefficient (Wildman–Crippen LogP) is 4.15. The van der Waals surface area contributed by atoms with E-state index in [4.69, 9.17) is 16.9 Å². The van der Waals surface area contributed by atoms with Gasteiger partial charge in [0.25, 0.3) is 0 Å². The van der Waals surface area contributed by atoms with E-state index in [-0.39, 0.29) is 5.57 Å². The van der Waals surface area contributed by atoms with Crippen LogP contribution in [0.4, 0.5) is 0 Å². The summed E-state index contributed by atoms with van der Waals surface area (Å²) in [6.45, 7) is 0. The first-order valence-corrected chi connectivity index (χ1v) is 9.32. The zero-order valence-corrected chi connectivity index (χ0v) is 13.9. The third kappa shape index (κ3) is 3.83. The van der Waals surface area contributed by atoms with Gasteiger partial charge < -0.3 is 0 Å². The van der Waals surface area contributed by atoms with Gasteiger partial charge in [0.05, 0.1) is 20.8 Å². The maximum Gasteiger partial charge on any atom is 0.205 e. The van der Waals surface area contributed by atoms with Crippen molar-refractivity contribution in [1.29, 1.82) is 5.26 Å². The van der Waals surface area contributed by atoms with Gasteiger partial charge in [0.15, 0.2) is 0 Å². The van der Waals surface area contributed by atoms with E-state index in [2.05, 4.69) is 4.36 Å². The van der Waals surface area contributed by atoms with Crippen molar-refractivity contribution in [3.63, 3.8) is 0 Å². The minimum Gasteiger partial charge on any atom is -0.288 e. The highest BCUT2D eigenvalue weighted by atomic mass is 35.5. The lowest BCUT2D eigenvalue weighted by Gasteiger charge is -2.00. The van der Waals surface area contributed by atoms with Crippen molar-refractivity contribution < 1.29 is 9.00 Å². The van der Waals surface area contributed by atoms with Gasteiger partial charge in [0.1, 0.15) is 11.6 Å². The van der Waals surface area contributed by atoms with E-state index in [0.29, 0.717) is 15.5 Å². The fourth-order valence-corrected chi connectivity index (χ4v) is 3.93. The van der Waals surface area contributed by atoms with Crippen LogP contribution in [0.1, 0.15) is 10.4 Å². The lowest BCUT2D eigenvalue weighted by molar-refractivity contribution is 0.103. The average Bonchev–Trinajstić information content (AvgIpc) is 3.03. The molecule has 0 radical (unpaired) electrons. The normalized spacial score (nSPS) is 14.0. The van der Waals surface area contributed by atoms with Gasteiger partial charge in [-0.1, -0.05) is 11.6 Å². The van der Waals surface area contributed by atoms with E-state index in [0.717, 1.165) is 6.20 Å². The molecule has 0 saturated heterocycles. The molecule has 0 N–H and O–H groups in total. The molecule has 2 rings (SSSR count). The standard InChI is InChI=1S/C15H11ClN2O2S2/c1-22(20,14-6-7-21-10-14)18-9-12(8-17)15(19)11-2-4-13(16)5-3-11/h2-7,9-10H,1H3/b12-9-. The zero-order valence-electron chi connectivity index (χ0n) is 11.5. The number of hydrogen-bond acceptors (Lipinski definition) is 5. The van der Waals surface area contributed by atoms with Crippen LogP contribution in [-0.2, 0) is 9.73 Å². The molecule has 1 unspecified atom stereocenters. The van der Waals surface area contributed by atoms with Gasteiger partial charge in [-0.3, -0.25) is 4.79 Å². The maximum atomic E-state index is 12.4. The Bertz CT molecular complexity index is 869. The molecule has 112 valence electrons. The third-order valence-corrected chi connectivity index (χ3v) is 5.51. The van der Waals surface area contributed by atoms with Gasteiger partial charge in [-0.25, -0.2) is 8.57 Å². The molecule has 4 nitrogen and oxygen atoms in total. The second-order valence-corrected chi connectivity index (χ2v) is 7.86. The van der Waals surface area contributed by atoms with Crippen LogP contribution >= 0.6 is 22.9 Å². The predicted molar refractivity (Wildman–Crippen MR) is 88.6 cm³/mol. The van der Waals surface area contributed by atoms with Gasteiger partial charge in [0.2, 0.25) is 5.78 Å². The quantitative estimate of drug-likeness (QED) is 0.472. The Kier molecular flexibility index (Phi) is 5.14. The first-order chi connectivity index (χ1) is 10.4. The largest absolute Gasteiger partial charge is 0.288 e. The minimum atomic E-state index is -2.66. The molecule has 2 aromatic rings. The van der Waals surface area contributed by atoms with Crippen molar-refractivity contribution in [2.24, 2.45) is 4.36 Å². The fourth-order valence-electron chi connectivity index (χ4n) is 1.58. The van der Waals surface area contributed by atoms with E-state index < -0.39 is 15.5 Å². The Hall–Kier alpha value is -1.94. The number of ketones is 1. The summed E-state index contributed by atoms with van der Waals surface area (Å²) in [7, 11) is -2.66. The lowest BCUT2D eigenvalue weighted by atomic mass is 10.1. The molecule has 0 bridgehead atoms. The summed E-state index contributed by atoms with van der Waals surface area (Å²) >= 11 is 7.17. The number of carbonyl (C=O) groups excluding carboxylic acids is 1. The molecule has 0 saturated carbocycles. The number of thiophene rings is 1. The summed E-state index contributed by atoms with van der Waals surface area (Å²) in [4.78, 5) is 12.8. The number of carbonyl (C=O) groups is 1.